The summed E-state index contributed by atoms with van der Waals surface area (Å²) in [5.74, 6) is -0.242. The Hall–Kier alpha value is -1.46. The third-order valence-electron chi connectivity index (χ3n) is 4.23. The Bertz CT molecular complexity index is 669. The van der Waals surface area contributed by atoms with Crippen LogP contribution in [0.25, 0.3) is 10.1 Å². The summed E-state index contributed by atoms with van der Waals surface area (Å²) in [6, 6.07) is 6.81. The molecule has 2 atom stereocenters. The number of piperidine rings is 1. The molecule has 0 aliphatic carbocycles. The number of fused-ring (bicyclic) bond motifs is 1. The number of carbonyl (C=O) groups excluding carboxylic acids is 1. The number of carbonyl (C=O) groups is 1. The van der Waals surface area contributed by atoms with Crippen LogP contribution < -0.4 is 5.73 Å². The van der Waals surface area contributed by atoms with Crippen LogP contribution in [0.4, 0.5) is 4.39 Å². The maximum Gasteiger partial charge on any atom is 0.264 e. The molecule has 0 saturated carbocycles. The van der Waals surface area contributed by atoms with Gasteiger partial charge in [-0.25, -0.2) is 4.39 Å². The summed E-state index contributed by atoms with van der Waals surface area (Å²) in [5, 5.41) is 0.915. The Morgan fingerprint density at radius 3 is 3.00 bits per heavy atom. The van der Waals surface area contributed by atoms with E-state index in [-0.39, 0.29) is 23.8 Å². The molecule has 0 bridgehead atoms. The zero-order valence-corrected chi connectivity index (χ0v) is 12.8. The van der Waals surface area contributed by atoms with Gasteiger partial charge < -0.3 is 10.6 Å². The van der Waals surface area contributed by atoms with Crippen molar-refractivity contribution in [3.63, 3.8) is 0 Å². The number of hydrogen-bond acceptors (Lipinski definition) is 3. The summed E-state index contributed by atoms with van der Waals surface area (Å²) in [4.78, 5) is 15.4. The Kier molecular flexibility index (Phi) is 3.95. The minimum absolute atomic E-state index is 0.0271. The molecule has 2 N–H and O–H groups in total. The van der Waals surface area contributed by atoms with Gasteiger partial charge in [-0.3, -0.25) is 4.79 Å². The van der Waals surface area contributed by atoms with E-state index in [1.807, 2.05) is 11.0 Å². The fraction of sp³-hybridized carbons (Fsp3) is 0.438. The van der Waals surface area contributed by atoms with Crippen LogP contribution in [0.3, 0.4) is 0 Å². The molecular formula is C16H19FN2OS. The van der Waals surface area contributed by atoms with Crippen LogP contribution in [-0.2, 0) is 0 Å². The number of nitrogens with zero attached hydrogens (tertiary/aromatic N) is 1. The van der Waals surface area contributed by atoms with Crippen molar-refractivity contribution in [3.8, 4) is 0 Å². The number of amides is 1. The molecule has 1 fully saturated rings. The molecule has 1 aromatic carbocycles. The van der Waals surface area contributed by atoms with Gasteiger partial charge in [0.1, 0.15) is 5.82 Å². The van der Waals surface area contributed by atoms with Crippen LogP contribution in [0.5, 0.6) is 0 Å². The molecule has 2 heterocycles. The van der Waals surface area contributed by atoms with Crippen LogP contribution in [0.2, 0.25) is 0 Å². The summed E-state index contributed by atoms with van der Waals surface area (Å²) in [6.07, 6.45) is 3.10. The quantitative estimate of drug-likeness (QED) is 0.924. The van der Waals surface area contributed by atoms with Crippen LogP contribution in [0.15, 0.2) is 24.3 Å². The number of halogens is 1. The molecule has 0 radical (unpaired) electrons. The van der Waals surface area contributed by atoms with E-state index >= 15 is 0 Å². The molecule has 1 aliphatic heterocycles. The van der Waals surface area contributed by atoms with E-state index in [4.69, 9.17) is 5.73 Å². The predicted molar refractivity (Wildman–Crippen MR) is 84.1 cm³/mol. The van der Waals surface area contributed by atoms with Gasteiger partial charge in [0, 0.05) is 23.3 Å². The van der Waals surface area contributed by atoms with Crippen molar-refractivity contribution in [2.24, 2.45) is 5.73 Å². The molecule has 2 unspecified atom stereocenters. The lowest BCUT2D eigenvalue weighted by Crippen LogP contribution is -2.51. The minimum Gasteiger partial charge on any atom is -0.331 e. The predicted octanol–water partition coefficient (Wildman–Crippen LogP) is 3.38. The van der Waals surface area contributed by atoms with Gasteiger partial charge in [-0.1, -0.05) is 6.07 Å². The molecular weight excluding hydrogens is 287 g/mol. The van der Waals surface area contributed by atoms with Gasteiger partial charge in [0.15, 0.2) is 0 Å². The van der Waals surface area contributed by atoms with Crippen molar-refractivity contribution in [1.82, 2.24) is 4.90 Å². The van der Waals surface area contributed by atoms with E-state index in [1.54, 1.807) is 6.07 Å². The highest BCUT2D eigenvalue weighted by Crippen LogP contribution is 2.30. The van der Waals surface area contributed by atoms with E-state index in [2.05, 4.69) is 6.92 Å². The first kappa shape index (κ1) is 14.5. The fourth-order valence-corrected chi connectivity index (χ4v) is 4.15. The second-order valence-electron chi connectivity index (χ2n) is 5.67. The topological polar surface area (TPSA) is 46.3 Å². The summed E-state index contributed by atoms with van der Waals surface area (Å²) < 4.78 is 14.1. The van der Waals surface area contributed by atoms with E-state index in [0.717, 1.165) is 29.3 Å². The van der Waals surface area contributed by atoms with Gasteiger partial charge in [0.05, 0.1) is 4.88 Å². The van der Waals surface area contributed by atoms with Crippen molar-refractivity contribution in [3.05, 3.63) is 35.0 Å². The highest BCUT2D eigenvalue weighted by atomic mass is 32.1. The summed E-state index contributed by atoms with van der Waals surface area (Å²) >= 11 is 1.36. The molecule has 5 heteroatoms. The fourth-order valence-electron chi connectivity index (χ4n) is 3.12. The third-order valence-corrected chi connectivity index (χ3v) is 5.31. The van der Waals surface area contributed by atoms with E-state index in [0.29, 0.717) is 11.4 Å². The summed E-state index contributed by atoms with van der Waals surface area (Å²) in [6.45, 7) is 2.57. The maximum absolute atomic E-state index is 13.3. The lowest BCUT2D eigenvalue weighted by atomic mass is 9.96. The van der Waals surface area contributed by atoms with Crippen molar-refractivity contribution < 1.29 is 9.18 Å². The first-order chi connectivity index (χ1) is 10.1. The second kappa shape index (κ2) is 5.73. The average Bonchev–Trinajstić information content (AvgIpc) is 2.89. The minimum atomic E-state index is -0.269. The second-order valence-corrected chi connectivity index (χ2v) is 6.76. The number of likely N-dealkylation sites (tertiary alicyclic amines) is 1. The molecule has 1 saturated heterocycles. The van der Waals surface area contributed by atoms with Crippen LogP contribution >= 0.6 is 11.3 Å². The standard InChI is InChI=1S/C16H19FN2OS/c1-10-3-2-4-13(9-18)19(10)16(20)15-7-11-5-6-12(17)8-14(11)21-15/h5-8,10,13H,2-4,9,18H2,1H3. The molecule has 0 spiro atoms. The largest absolute Gasteiger partial charge is 0.331 e. The molecule has 1 amide bonds. The van der Waals surface area contributed by atoms with Crippen LogP contribution in [0, 0.1) is 5.82 Å². The molecule has 2 aromatic rings. The number of nitrogens with two attached hydrogens (primary N) is 1. The Labute approximate surface area is 127 Å². The lowest BCUT2D eigenvalue weighted by molar-refractivity contribution is 0.0499. The molecule has 1 aromatic heterocycles. The Morgan fingerprint density at radius 1 is 1.43 bits per heavy atom. The normalized spacial score (nSPS) is 22.7. The monoisotopic (exact) mass is 306 g/mol. The van der Waals surface area contributed by atoms with Gasteiger partial charge in [-0.15, -0.1) is 11.3 Å². The summed E-state index contributed by atoms with van der Waals surface area (Å²) in [5.41, 5.74) is 5.83. The van der Waals surface area contributed by atoms with Crippen molar-refractivity contribution in [2.45, 2.75) is 38.3 Å². The Balaban J connectivity index is 1.94. The molecule has 1 aliphatic rings. The smallest absolute Gasteiger partial charge is 0.264 e. The first-order valence-corrected chi connectivity index (χ1v) is 8.13. The lowest BCUT2D eigenvalue weighted by Gasteiger charge is -2.40. The zero-order chi connectivity index (χ0) is 15.0. The van der Waals surface area contributed by atoms with Crippen molar-refractivity contribution in [2.75, 3.05) is 6.54 Å². The SMILES string of the molecule is CC1CCCC(CN)N1C(=O)c1cc2ccc(F)cc2s1. The van der Waals surface area contributed by atoms with Crippen molar-refractivity contribution in [1.29, 1.82) is 0 Å². The van der Waals surface area contributed by atoms with Crippen molar-refractivity contribution >= 4 is 27.3 Å². The van der Waals surface area contributed by atoms with E-state index < -0.39 is 0 Å². The van der Waals surface area contributed by atoms with E-state index in [1.165, 1.54) is 23.5 Å². The molecule has 3 rings (SSSR count). The number of benzene rings is 1. The molecule has 21 heavy (non-hydrogen) atoms. The number of rotatable bonds is 2. The van der Waals surface area contributed by atoms with E-state index in [9.17, 15) is 9.18 Å². The summed E-state index contributed by atoms with van der Waals surface area (Å²) in [7, 11) is 0. The highest BCUT2D eigenvalue weighted by Gasteiger charge is 2.32. The van der Waals surface area contributed by atoms with Crippen LogP contribution in [-0.4, -0.2) is 29.4 Å². The Morgan fingerprint density at radius 2 is 2.24 bits per heavy atom. The van der Waals surface area contributed by atoms with Gasteiger partial charge in [0.2, 0.25) is 0 Å². The highest BCUT2D eigenvalue weighted by molar-refractivity contribution is 7.20. The molecule has 112 valence electrons. The maximum atomic E-state index is 13.3. The van der Waals surface area contributed by atoms with Gasteiger partial charge >= 0.3 is 0 Å². The van der Waals surface area contributed by atoms with Gasteiger partial charge in [-0.05, 0) is 49.8 Å². The number of hydrogen-bond donors (Lipinski definition) is 1. The molecule has 3 nitrogen and oxygen atoms in total. The van der Waals surface area contributed by atoms with Gasteiger partial charge in [0.25, 0.3) is 5.91 Å². The van der Waals surface area contributed by atoms with Crippen LogP contribution in [0.1, 0.15) is 35.9 Å². The third kappa shape index (κ3) is 2.68. The zero-order valence-electron chi connectivity index (χ0n) is 12.0. The number of thiophene rings is 1. The van der Waals surface area contributed by atoms with Gasteiger partial charge in [-0.2, -0.15) is 0 Å². The first-order valence-electron chi connectivity index (χ1n) is 7.32. The average molecular weight is 306 g/mol.